The van der Waals surface area contributed by atoms with E-state index in [4.69, 9.17) is 0 Å². The minimum absolute atomic E-state index is 1.19. The quantitative estimate of drug-likeness (QED) is 0.0761. The third-order valence-electron chi connectivity index (χ3n) is 8.97. The van der Waals surface area contributed by atoms with Gasteiger partial charge in [-0.2, -0.15) is 0 Å². The van der Waals surface area contributed by atoms with E-state index in [2.05, 4.69) is 31.0 Å². The summed E-state index contributed by atoms with van der Waals surface area (Å²) in [6.07, 6.45) is 43.2. The summed E-state index contributed by atoms with van der Waals surface area (Å²) >= 11 is 0. The van der Waals surface area contributed by atoms with Gasteiger partial charge in [-0.1, -0.05) is 194 Å². The van der Waals surface area contributed by atoms with Crippen LogP contribution in [0.15, 0.2) is 0 Å². The van der Waals surface area contributed by atoms with Crippen LogP contribution in [-0.2, 0) is 0 Å². The van der Waals surface area contributed by atoms with Gasteiger partial charge in [0, 0.05) is 13.1 Å². The zero-order valence-electron chi connectivity index (χ0n) is 28.7. The minimum atomic E-state index is 1.19. The molecule has 1 N–H and O–H groups in total. The molecule has 0 bridgehead atoms. The monoisotopic (exact) mass is 565 g/mol. The molecule has 0 amide bonds. The number of hydrogen-bond acceptors (Lipinski definition) is 2. The van der Waals surface area contributed by atoms with E-state index < -0.39 is 0 Å². The molecule has 0 heterocycles. The summed E-state index contributed by atoms with van der Waals surface area (Å²) in [6, 6.07) is 0. The highest BCUT2D eigenvalue weighted by atomic mass is 15.1. The van der Waals surface area contributed by atoms with Crippen molar-refractivity contribution in [2.75, 3.05) is 32.7 Å². The average Bonchev–Trinajstić information content (AvgIpc) is 2.97. The second kappa shape index (κ2) is 36.9. The Balaban J connectivity index is 3.87. The summed E-state index contributed by atoms with van der Waals surface area (Å²) in [5.41, 5.74) is 0. The fourth-order valence-corrected chi connectivity index (χ4v) is 6.08. The summed E-state index contributed by atoms with van der Waals surface area (Å²) in [5, 5.41) is 3.78. The van der Waals surface area contributed by atoms with Crippen LogP contribution in [0.4, 0.5) is 0 Å². The van der Waals surface area contributed by atoms with E-state index in [0.717, 1.165) is 0 Å². The van der Waals surface area contributed by atoms with Crippen LogP contribution in [0.3, 0.4) is 0 Å². The van der Waals surface area contributed by atoms with Crippen LogP contribution in [-0.4, -0.2) is 37.6 Å². The molecule has 0 radical (unpaired) electrons. The molecule has 40 heavy (non-hydrogen) atoms. The molecule has 0 aromatic rings. The van der Waals surface area contributed by atoms with Crippen molar-refractivity contribution < 1.29 is 0 Å². The van der Waals surface area contributed by atoms with E-state index in [-0.39, 0.29) is 0 Å². The molecule has 0 rings (SSSR count). The fourth-order valence-electron chi connectivity index (χ4n) is 6.08. The predicted molar refractivity (Wildman–Crippen MR) is 185 cm³/mol. The van der Waals surface area contributed by atoms with Crippen molar-refractivity contribution in [2.45, 2.75) is 213 Å². The van der Waals surface area contributed by atoms with Crippen LogP contribution in [0, 0.1) is 0 Å². The Labute approximate surface area is 256 Å². The van der Waals surface area contributed by atoms with Gasteiger partial charge in [0.05, 0.1) is 0 Å². The summed E-state index contributed by atoms with van der Waals surface area (Å²) in [4.78, 5) is 2.79. The first kappa shape index (κ1) is 39.9. The van der Waals surface area contributed by atoms with Crippen LogP contribution in [0.25, 0.3) is 0 Å². The Bertz CT molecular complexity index is 400. The number of nitrogens with zero attached hydrogens (tertiary/aromatic N) is 1. The number of hydrogen-bond donors (Lipinski definition) is 1. The second-order valence-corrected chi connectivity index (χ2v) is 13.1. The van der Waals surface area contributed by atoms with Crippen molar-refractivity contribution in [1.82, 2.24) is 10.2 Å². The molecule has 2 nitrogen and oxygen atoms in total. The topological polar surface area (TPSA) is 15.3 Å². The molecule has 0 saturated carbocycles. The largest absolute Gasteiger partial charge is 0.315 e. The maximum absolute atomic E-state index is 3.78. The summed E-state index contributed by atoms with van der Waals surface area (Å²) < 4.78 is 0. The Hall–Kier alpha value is -0.0800. The SMILES string of the molecule is CCCCCCCCCCCCNCCN(CCCCCCCCCCCC)CCCCCCCCCCCC. The number of unbranched alkanes of at least 4 members (excludes halogenated alkanes) is 27. The van der Waals surface area contributed by atoms with Crippen molar-refractivity contribution in [3.63, 3.8) is 0 Å². The Morgan fingerprint density at radius 3 is 0.875 bits per heavy atom. The molecule has 242 valence electrons. The van der Waals surface area contributed by atoms with Crippen molar-refractivity contribution in [1.29, 1.82) is 0 Å². The normalized spacial score (nSPS) is 11.7. The highest BCUT2D eigenvalue weighted by molar-refractivity contribution is 4.62. The van der Waals surface area contributed by atoms with Crippen LogP contribution >= 0.6 is 0 Å². The number of rotatable bonds is 36. The molecule has 0 atom stereocenters. The highest BCUT2D eigenvalue weighted by Crippen LogP contribution is 2.13. The van der Waals surface area contributed by atoms with Gasteiger partial charge in [0.1, 0.15) is 0 Å². The van der Waals surface area contributed by atoms with E-state index in [1.54, 1.807) is 0 Å². The molecule has 0 aliphatic rings. The molecule has 2 heteroatoms. The smallest absolute Gasteiger partial charge is 0.0107 e. The first-order chi connectivity index (χ1) is 19.8. The molecular formula is C38H80N2. The van der Waals surface area contributed by atoms with E-state index >= 15 is 0 Å². The standard InChI is InChI=1S/C38H80N2/c1-4-7-10-13-16-19-22-25-28-31-34-39-35-38-40(36-32-29-26-23-20-17-14-11-8-5-2)37-33-30-27-24-21-18-15-12-9-6-3/h39H,4-38H2,1-3H3. The van der Waals surface area contributed by atoms with Gasteiger partial charge in [-0.25, -0.2) is 0 Å². The molecule has 0 saturated heterocycles. The minimum Gasteiger partial charge on any atom is -0.315 e. The lowest BCUT2D eigenvalue weighted by Gasteiger charge is -2.22. The number of nitrogens with one attached hydrogen (secondary N) is 1. The van der Waals surface area contributed by atoms with Gasteiger partial charge in [0.25, 0.3) is 0 Å². The van der Waals surface area contributed by atoms with Crippen molar-refractivity contribution in [2.24, 2.45) is 0 Å². The summed E-state index contributed by atoms with van der Waals surface area (Å²) in [5.74, 6) is 0. The maximum atomic E-state index is 3.78. The summed E-state index contributed by atoms with van der Waals surface area (Å²) in [6.45, 7) is 13.3. The zero-order chi connectivity index (χ0) is 29.0. The van der Waals surface area contributed by atoms with Crippen LogP contribution in [0.5, 0.6) is 0 Å². The van der Waals surface area contributed by atoms with Crippen molar-refractivity contribution >= 4 is 0 Å². The van der Waals surface area contributed by atoms with E-state index in [1.165, 1.54) is 225 Å². The lowest BCUT2D eigenvalue weighted by atomic mass is 10.1. The van der Waals surface area contributed by atoms with Gasteiger partial charge in [-0.15, -0.1) is 0 Å². The van der Waals surface area contributed by atoms with Gasteiger partial charge in [0.2, 0.25) is 0 Å². The van der Waals surface area contributed by atoms with Crippen LogP contribution < -0.4 is 5.32 Å². The van der Waals surface area contributed by atoms with E-state index in [1.807, 2.05) is 0 Å². The predicted octanol–water partition coefficient (Wildman–Crippen LogP) is 12.6. The zero-order valence-corrected chi connectivity index (χ0v) is 28.7. The Kier molecular flexibility index (Phi) is 36.9. The lowest BCUT2D eigenvalue weighted by molar-refractivity contribution is 0.259. The maximum Gasteiger partial charge on any atom is 0.0107 e. The van der Waals surface area contributed by atoms with Crippen LogP contribution in [0.1, 0.15) is 213 Å². The van der Waals surface area contributed by atoms with Gasteiger partial charge >= 0.3 is 0 Å². The van der Waals surface area contributed by atoms with E-state index in [0.29, 0.717) is 0 Å². The van der Waals surface area contributed by atoms with Crippen molar-refractivity contribution in [3.8, 4) is 0 Å². The second-order valence-electron chi connectivity index (χ2n) is 13.1. The van der Waals surface area contributed by atoms with Gasteiger partial charge in [-0.3, -0.25) is 0 Å². The van der Waals surface area contributed by atoms with E-state index in [9.17, 15) is 0 Å². The first-order valence-corrected chi connectivity index (χ1v) is 19.3. The third kappa shape index (κ3) is 34.1. The van der Waals surface area contributed by atoms with Gasteiger partial charge < -0.3 is 10.2 Å². The van der Waals surface area contributed by atoms with Crippen LogP contribution in [0.2, 0.25) is 0 Å². The molecular weight excluding hydrogens is 484 g/mol. The lowest BCUT2D eigenvalue weighted by Crippen LogP contribution is -2.34. The van der Waals surface area contributed by atoms with Crippen molar-refractivity contribution in [3.05, 3.63) is 0 Å². The molecule has 0 aliphatic carbocycles. The first-order valence-electron chi connectivity index (χ1n) is 19.3. The highest BCUT2D eigenvalue weighted by Gasteiger charge is 2.05. The van der Waals surface area contributed by atoms with Gasteiger partial charge in [-0.05, 0) is 38.9 Å². The molecule has 0 unspecified atom stereocenters. The Morgan fingerprint density at radius 1 is 0.275 bits per heavy atom. The fraction of sp³-hybridized carbons (Fsp3) is 1.00. The molecule has 0 aromatic heterocycles. The molecule has 0 fully saturated rings. The molecule has 0 spiro atoms. The third-order valence-corrected chi connectivity index (χ3v) is 8.97. The molecule has 0 aromatic carbocycles. The Morgan fingerprint density at radius 2 is 0.550 bits per heavy atom. The average molecular weight is 565 g/mol. The molecule has 0 aliphatic heterocycles. The summed E-state index contributed by atoms with van der Waals surface area (Å²) in [7, 11) is 0. The van der Waals surface area contributed by atoms with Gasteiger partial charge in [0.15, 0.2) is 0 Å².